The topological polar surface area (TPSA) is 118 Å². The number of nitrogens with zero attached hydrogens (tertiary/aromatic N) is 5. The van der Waals surface area contributed by atoms with Crippen molar-refractivity contribution < 1.29 is 35.5 Å². The number of hydrogen-bond donors (Lipinski definition) is 1. The minimum Gasteiger partial charge on any atom is -0.444 e. The van der Waals surface area contributed by atoms with Crippen LogP contribution in [0.2, 0.25) is 0 Å². The highest BCUT2D eigenvalue weighted by Crippen LogP contribution is 2.44. The molecule has 1 N–H and O–H groups in total. The maximum absolute atomic E-state index is 14.7. The van der Waals surface area contributed by atoms with Crippen molar-refractivity contribution in [2.75, 3.05) is 37.8 Å². The molecule has 0 atom stereocenters. The molecule has 0 saturated carbocycles. The number of likely N-dealkylation sites (tertiary alicyclic amines) is 1. The van der Waals surface area contributed by atoms with Crippen LogP contribution in [0.3, 0.4) is 0 Å². The molecule has 2 fully saturated rings. The van der Waals surface area contributed by atoms with Gasteiger partial charge in [-0.25, -0.2) is 36.9 Å². The fourth-order valence-electron chi connectivity index (χ4n) is 4.08. The normalized spacial score (nSPS) is 18.4. The number of aromatic nitrogens is 3. The highest BCUT2D eigenvalue weighted by atomic mass is 32.2. The number of carbonyl (C=O) groups excluding carboxylic acids is 1. The number of sulfonamides is 1. The molecular weight excluding hydrogens is 552 g/mol. The van der Waals surface area contributed by atoms with Gasteiger partial charge in [-0.3, -0.25) is 0 Å². The Morgan fingerprint density at radius 1 is 1.16 bits per heavy atom. The first kappa shape index (κ1) is 28.4. The van der Waals surface area contributed by atoms with E-state index in [1.54, 1.807) is 20.8 Å². The Bertz CT molecular complexity index is 1300. The Hall–Kier alpha value is -2.59. The van der Waals surface area contributed by atoms with Crippen molar-refractivity contribution in [1.29, 1.82) is 0 Å². The summed E-state index contributed by atoms with van der Waals surface area (Å²) in [5.41, 5.74) is -2.49. The van der Waals surface area contributed by atoms with E-state index >= 15 is 0 Å². The number of carbonyl (C=O) groups is 1. The molecule has 1 amide bonds. The smallest absolute Gasteiger partial charge is 0.434 e. The molecular formula is C22H28F4N6O4S2. The second-order valence-corrected chi connectivity index (χ2v) is 13.3. The van der Waals surface area contributed by atoms with Crippen LogP contribution in [0.5, 0.6) is 0 Å². The molecule has 210 valence electrons. The van der Waals surface area contributed by atoms with E-state index in [-0.39, 0.29) is 43.2 Å². The van der Waals surface area contributed by atoms with Crippen molar-refractivity contribution in [2.24, 2.45) is 0 Å². The minimum absolute atomic E-state index is 0.0676. The van der Waals surface area contributed by atoms with E-state index in [0.717, 1.165) is 12.5 Å². The van der Waals surface area contributed by atoms with E-state index in [2.05, 4.69) is 20.3 Å². The lowest BCUT2D eigenvalue weighted by atomic mass is 10.0. The van der Waals surface area contributed by atoms with E-state index in [1.807, 2.05) is 0 Å². The Kier molecular flexibility index (Phi) is 7.62. The second-order valence-electron chi connectivity index (χ2n) is 10.3. The summed E-state index contributed by atoms with van der Waals surface area (Å²) < 4.78 is 86.4. The highest BCUT2D eigenvalue weighted by molar-refractivity contribution is 7.88. The van der Waals surface area contributed by atoms with E-state index in [1.165, 1.54) is 9.21 Å². The van der Waals surface area contributed by atoms with E-state index in [9.17, 15) is 30.8 Å². The van der Waals surface area contributed by atoms with Crippen molar-refractivity contribution in [3.05, 3.63) is 22.7 Å². The van der Waals surface area contributed by atoms with Crippen LogP contribution >= 0.6 is 11.3 Å². The van der Waals surface area contributed by atoms with Crippen molar-refractivity contribution in [2.45, 2.75) is 57.3 Å². The summed E-state index contributed by atoms with van der Waals surface area (Å²) in [4.78, 5) is 24.7. The molecule has 10 nitrogen and oxygen atoms in total. The lowest BCUT2D eigenvalue weighted by Crippen LogP contribution is -2.50. The number of rotatable bonds is 5. The number of piperidine rings is 1. The van der Waals surface area contributed by atoms with Gasteiger partial charge >= 0.3 is 12.3 Å². The summed E-state index contributed by atoms with van der Waals surface area (Å²) in [6.45, 7) is 5.93. The SMILES string of the molecule is CC(C)(C)OC(=O)N1CC(c2nc(C(F)(F)F)c(-c3nc(NC4CCN(S(C)(=O)=O)CC4)ncc3F)s2)C1. The van der Waals surface area contributed by atoms with Crippen molar-refractivity contribution in [3.8, 4) is 10.6 Å². The van der Waals surface area contributed by atoms with E-state index in [0.29, 0.717) is 24.2 Å². The first-order valence-corrected chi connectivity index (χ1v) is 14.5. The molecule has 2 aromatic heterocycles. The van der Waals surface area contributed by atoms with Gasteiger partial charge in [0.05, 0.1) is 17.3 Å². The number of thiazole rings is 1. The minimum atomic E-state index is -4.86. The lowest BCUT2D eigenvalue weighted by molar-refractivity contribution is -0.140. The third-order valence-electron chi connectivity index (χ3n) is 6.01. The Morgan fingerprint density at radius 2 is 1.79 bits per heavy atom. The third kappa shape index (κ3) is 6.51. The number of ether oxygens (including phenoxy) is 1. The van der Waals surface area contributed by atoms with Crippen LogP contribution in [0, 0.1) is 5.82 Å². The monoisotopic (exact) mass is 580 g/mol. The molecule has 4 rings (SSSR count). The Labute approximate surface area is 221 Å². The van der Waals surface area contributed by atoms with Crippen LogP contribution in [0.15, 0.2) is 6.20 Å². The molecule has 2 saturated heterocycles. The summed E-state index contributed by atoms with van der Waals surface area (Å²) in [7, 11) is -3.32. The quantitative estimate of drug-likeness (QED) is 0.529. The van der Waals surface area contributed by atoms with Crippen LogP contribution < -0.4 is 5.32 Å². The fourth-order valence-corrected chi connectivity index (χ4v) is 6.12. The third-order valence-corrected chi connectivity index (χ3v) is 8.54. The first-order chi connectivity index (χ1) is 17.5. The summed E-state index contributed by atoms with van der Waals surface area (Å²) in [5.74, 6) is -1.56. The molecule has 2 aliphatic heterocycles. The molecule has 16 heteroatoms. The van der Waals surface area contributed by atoms with E-state index in [4.69, 9.17) is 4.74 Å². The number of halogens is 4. The Morgan fingerprint density at radius 3 is 2.34 bits per heavy atom. The molecule has 2 aromatic rings. The number of alkyl halides is 3. The van der Waals surface area contributed by atoms with Gasteiger partial charge in [0.2, 0.25) is 16.0 Å². The molecule has 0 spiro atoms. The zero-order valence-corrected chi connectivity index (χ0v) is 22.8. The number of anilines is 1. The van der Waals surface area contributed by atoms with Gasteiger partial charge in [0, 0.05) is 38.1 Å². The summed E-state index contributed by atoms with van der Waals surface area (Å²) in [6, 6.07) is -0.237. The van der Waals surface area contributed by atoms with Crippen LogP contribution in [-0.4, -0.2) is 82.7 Å². The fraction of sp³-hybridized carbons (Fsp3) is 0.636. The average Bonchev–Trinajstić information content (AvgIpc) is 3.18. The molecule has 0 bridgehead atoms. The van der Waals surface area contributed by atoms with Crippen LogP contribution in [0.1, 0.15) is 50.2 Å². The van der Waals surface area contributed by atoms with Gasteiger partial charge in [-0.1, -0.05) is 0 Å². The second kappa shape index (κ2) is 10.2. The first-order valence-electron chi connectivity index (χ1n) is 11.8. The van der Waals surface area contributed by atoms with Gasteiger partial charge in [-0.05, 0) is 33.6 Å². The number of hydrogen-bond acceptors (Lipinski definition) is 9. The standard InChI is InChI=1S/C22H28F4N6O4S2/c1-21(2,3)36-20(33)31-10-12(11-31)18-30-17(22(24,25)26)16(37-18)15-14(23)9-27-19(29-15)28-13-5-7-32(8-6-13)38(4,34)35/h9,12-13H,5-8,10-11H2,1-4H3,(H,27,28,29). The highest BCUT2D eigenvalue weighted by Gasteiger charge is 2.43. The van der Waals surface area contributed by atoms with Crippen LogP contribution in [0.4, 0.5) is 28.3 Å². The zero-order chi connectivity index (χ0) is 28.0. The Balaban J connectivity index is 1.53. The largest absolute Gasteiger partial charge is 0.444 e. The summed E-state index contributed by atoms with van der Waals surface area (Å²) >= 11 is 0.681. The summed E-state index contributed by atoms with van der Waals surface area (Å²) in [5, 5.41) is 3.09. The average molecular weight is 581 g/mol. The number of amides is 1. The molecule has 0 radical (unpaired) electrons. The summed E-state index contributed by atoms with van der Waals surface area (Å²) in [6.07, 6.45) is -2.65. The number of nitrogens with one attached hydrogen (secondary N) is 1. The van der Waals surface area contributed by atoms with Gasteiger partial charge in [0.15, 0.2) is 11.5 Å². The maximum atomic E-state index is 14.7. The molecule has 4 heterocycles. The predicted octanol–water partition coefficient (Wildman–Crippen LogP) is 3.93. The maximum Gasteiger partial charge on any atom is 0.434 e. The molecule has 2 aliphatic rings. The van der Waals surface area contributed by atoms with Gasteiger partial charge < -0.3 is 15.0 Å². The molecule has 0 aliphatic carbocycles. The zero-order valence-electron chi connectivity index (χ0n) is 21.2. The lowest BCUT2D eigenvalue weighted by Gasteiger charge is -2.38. The van der Waals surface area contributed by atoms with E-state index < -0.39 is 55.9 Å². The van der Waals surface area contributed by atoms with Gasteiger partial charge in [0.1, 0.15) is 16.3 Å². The molecule has 0 aromatic carbocycles. The van der Waals surface area contributed by atoms with Crippen molar-refractivity contribution in [3.63, 3.8) is 0 Å². The molecule has 38 heavy (non-hydrogen) atoms. The van der Waals surface area contributed by atoms with Crippen molar-refractivity contribution >= 4 is 33.4 Å². The van der Waals surface area contributed by atoms with Crippen molar-refractivity contribution in [1.82, 2.24) is 24.2 Å². The van der Waals surface area contributed by atoms with Gasteiger partial charge in [-0.2, -0.15) is 13.2 Å². The molecule has 0 unspecified atom stereocenters. The predicted molar refractivity (Wildman–Crippen MR) is 132 cm³/mol. The van der Waals surface area contributed by atoms with Gasteiger partial charge in [0.25, 0.3) is 0 Å². The van der Waals surface area contributed by atoms with Crippen LogP contribution in [0.25, 0.3) is 10.6 Å². The van der Waals surface area contributed by atoms with Crippen LogP contribution in [-0.2, 0) is 20.9 Å². The van der Waals surface area contributed by atoms with Gasteiger partial charge in [-0.15, -0.1) is 11.3 Å².